The van der Waals surface area contributed by atoms with Gasteiger partial charge in [0.25, 0.3) is 0 Å². The van der Waals surface area contributed by atoms with Gasteiger partial charge in [-0.3, -0.25) is 4.79 Å². The smallest absolute Gasteiger partial charge is 0.343 e. The average Bonchev–Trinajstić information content (AvgIpc) is 2.92. The predicted molar refractivity (Wildman–Crippen MR) is 142 cm³/mol. The fourth-order valence-electron chi connectivity index (χ4n) is 3.80. The van der Waals surface area contributed by atoms with E-state index in [-0.39, 0.29) is 0 Å². The Bertz CT molecular complexity index is 1300. The number of benzene rings is 4. The van der Waals surface area contributed by atoms with Crippen LogP contribution in [0.3, 0.4) is 0 Å². The van der Waals surface area contributed by atoms with E-state index in [4.69, 9.17) is 16.3 Å². The number of ketones is 1. The van der Waals surface area contributed by atoms with Gasteiger partial charge < -0.3 is 9.84 Å². The standard InChI is InChI=1S/C31H25ClO4/c32-27-19-11-10-12-23(27)20-21-31(35,22-28(33)24-13-4-1-5-14-24)30(34)36-29(25-15-6-2-7-16-25)26-17-8-3-9-18-26/h1-21,29,35H,22H2/b21-20+/t31-/m1/s1. The molecule has 0 aliphatic carbocycles. The summed E-state index contributed by atoms with van der Waals surface area (Å²) >= 11 is 6.26. The van der Waals surface area contributed by atoms with Crippen LogP contribution in [0.5, 0.6) is 0 Å². The molecule has 4 aromatic rings. The SMILES string of the molecule is O=C(C[C@](O)(/C=C/c1ccccc1Cl)C(=O)OC(c1ccccc1)c1ccccc1)c1ccccc1. The van der Waals surface area contributed by atoms with E-state index in [0.29, 0.717) is 16.1 Å². The molecular weight excluding hydrogens is 472 g/mol. The third-order valence-electron chi connectivity index (χ3n) is 5.75. The van der Waals surface area contributed by atoms with Crippen LogP contribution in [-0.2, 0) is 9.53 Å². The minimum atomic E-state index is -2.23. The van der Waals surface area contributed by atoms with Crippen LogP contribution in [0.1, 0.15) is 39.6 Å². The van der Waals surface area contributed by atoms with E-state index in [9.17, 15) is 14.7 Å². The number of rotatable bonds is 9. The largest absolute Gasteiger partial charge is 0.450 e. The van der Waals surface area contributed by atoms with Crippen LogP contribution >= 0.6 is 11.6 Å². The first-order chi connectivity index (χ1) is 17.5. The van der Waals surface area contributed by atoms with Crippen LogP contribution in [0.25, 0.3) is 6.08 Å². The highest BCUT2D eigenvalue weighted by Gasteiger charge is 2.39. The fourth-order valence-corrected chi connectivity index (χ4v) is 4.00. The summed E-state index contributed by atoms with van der Waals surface area (Å²) in [5.41, 5.74) is 0.235. The van der Waals surface area contributed by atoms with Crippen LogP contribution in [0.2, 0.25) is 5.02 Å². The molecule has 0 heterocycles. The molecule has 4 rings (SSSR count). The van der Waals surface area contributed by atoms with E-state index >= 15 is 0 Å². The van der Waals surface area contributed by atoms with Gasteiger partial charge in [-0.05, 0) is 28.8 Å². The number of hydrogen-bond acceptors (Lipinski definition) is 4. The number of carbonyl (C=O) groups is 2. The van der Waals surface area contributed by atoms with Gasteiger partial charge in [-0.15, -0.1) is 0 Å². The van der Waals surface area contributed by atoms with E-state index in [1.807, 2.05) is 60.7 Å². The maximum absolute atomic E-state index is 13.6. The van der Waals surface area contributed by atoms with Crippen molar-refractivity contribution in [3.63, 3.8) is 0 Å². The highest BCUT2D eigenvalue weighted by molar-refractivity contribution is 6.32. The van der Waals surface area contributed by atoms with E-state index in [1.54, 1.807) is 54.6 Å². The monoisotopic (exact) mass is 496 g/mol. The van der Waals surface area contributed by atoms with Crippen molar-refractivity contribution in [2.24, 2.45) is 0 Å². The number of ether oxygens (including phenoxy) is 1. The molecule has 0 aromatic heterocycles. The van der Waals surface area contributed by atoms with Gasteiger partial charge in [0.1, 0.15) is 0 Å². The quantitative estimate of drug-likeness (QED) is 0.207. The lowest BCUT2D eigenvalue weighted by Gasteiger charge is -2.26. The number of carbonyl (C=O) groups excluding carboxylic acids is 2. The van der Waals surface area contributed by atoms with Gasteiger partial charge in [-0.25, -0.2) is 4.79 Å². The third kappa shape index (κ3) is 6.16. The lowest BCUT2D eigenvalue weighted by molar-refractivity contribution is -0.164. The summed E-state index contributed by atoms with van der Waals surface area (Å²) in [6.45, 7) is 0. The molecule has 0 fully saturated rings. The summed E-state index contributed by atoms with van der Waals surface area (Å²) in [5.74, 6) is -1.33. The summed E-state index contributed by atoms with van der Waals surface area (Å²) in [4.78, 5) is 26.6. The molecule has 0 amide bonds. The van der Waals surface area contributed by atoms with Crippen molar-refractivity contribution in [2.45, 2.75) is 18.1 Å². The van der Waals surface area contributed by atoms with Crippen LogP contribution in [-0.4, -0.2) is 22.5 Å². The molecule has 0 radical (unpaired) electrons. The van der Waals surface area contributed by atoms with Gasteiger partial charge in [0.05, 0.1) is 6.42 Å². The number of Topliss-reactive ketones (excluding diaryl/α,β-unsaturated/α-hetero) is 1. The first-order valence-electron chi connectivity index (χ1n) is 11.5. The van der Waals surface area contributed by atoms with E-state index in [1.165, 1.54) is 12.2 Å². The van der Waals surface area contributed by atoms with Gasteiger partial charge in [0, 0.05) is 10.6 Å². The normalized spacial score (nSPS) is 12.9. The zero-order chi connectivity index (χ0) is 25.4. The van der Waals surface area contributed by atoms with Crippen molar-refractivity contribution in [2.75, 3.05) is 0 Å². The van der Waals surface area contributed by atoms with E-state index in [2.05, 4.69) is 0 Å². The first kappa shape index (κ1) is 25.1. The lowest BCUT2D eigenvalue weighted by atomic mass is 9.92. The van der Waals surface area contributed by atoms with Gasteiger partial charge in [-0.2, -0.15) is 0 Å². The molecule has 36 heavy (non-hydrogen) atoms. The summed E-state index contributed by atoms with van der Waals surface area (Å²) in [6.07, 6.45) is 1.55. The summed E-state index contributed by atoms with van der Waals surface area (Å²) in [5, 5.41) is 12.0. The Kier molecular flexibility index (Phi) is 8.11. The van der Waals surface area contributed by atoms with Gasteiger partial charge in [-0.1, -0.05) is 127 Å². The Balaban J connectivity index is 1.69. The summed E-state index contributed by atoms with van der Waals surface area (Å²) in [6, 6.07) is 34.1. The van der Waals surface area contributed by atoms with Crippen molar-refractivity contribution in [1.29, 1.82) is 0 Å². The second-order valence-electron chi connectivity index (χ2n) is 8.35. The molecule has 180 valence electrons. The Morgan fingerprint density at radius 1 is 0.778 bits per heavy atom. The summed E-state index contributed by atoms with van der Waals surface area (Å²) < 4.78 is 5.92. The second-order valence-corrected chi connectivity index (χ2v) is 8.76. The van der Waals surface area contributed by atoms with E-state index < -0.39 is 29.9 Å². The predicted octanol–water partition coefficient (Wildman–Crippen LogP) is 6.69. The first-order valence-corrected chi connectivity index (χ1v) is 11.9. The Hall–Kier alpha value is -3.99. The third-order valence-corrected chi connectivity index (χ3v) is 6.10. The average molecular weight is 497 g/mol. The number of halogens is 1. The maximum atomic E-state index is 13.6. The van der Waals surface area contributed by atoms with Crippen molar-refractivity contribution < 1.29 is 19.4 Å². The molecule has 0 aliphatic heterocycles. The molecular formula is C31H25ClO4. The Morgan fingerprint density at radius 3 is 1.83 bits per heavy atom. The molecule has 0 unspecified atom stereocenters. The molecule has 0 bridgehead atoms. The van der Waals surface area contributed by atoms with Gasteiger partial charge >= 0.3 is 5.97 Å². The van der Waals surface area contributed by atoms with Crippen molar-refractivity contribution in [3.8, 4) is 0 Å². The fraction of sp³-hybridized carbons (Fsp3) is 0.0968. The van der Waals surface area contributed by atoms with Crippen LogP contribution < -0.4 is 0 Å². The van der Waals surface area contributed by atoms with Gasteiger partial charge in [0.15, 0.2) is 17.5 Å². The molecule has 4 aromatic carbocycles. The zero-order valence-electron chi connectivity index (χ0n) is 19.5. The van der Waals surface area contributed by atoms with Crippen LogP contribution in [0, 0.1) is 0 Å². The molecule has 1 N–H and O–H groups in total. The molecule has 0 saturated heterocycles. The van der Waals surface area contributed by atoms with E-state index in [0.717, 1.165) is 11.1 Å². The minimum Gasteiger partial charge on any atom is -0.450 e. The lowest BCUT2D eigenvalue weighted by Crippen LogP contribution is -2.41. The highest BCUT2D eigenvalue weighted by atomic mass is 35.5. The van der Waals surface area contributed by atoms with Gasteiger partial charge in [0.2, 0.25) is 0 Å². The number of esters is 1. The zero-order valence-corrected chi connectivity index (χ0v) is 20.2. The highest BCUT2D eigenvalue weighted by Crippen LogP contribution is 2.30. The minimum absolute atomic E-state index is 0.387. The van der Waals surface area contributed by atoms with Crippen molar-refractivity contribution >= 4 is 29.4 Å². The molecule has 5 heteroatoms. The number of aliphatic hydroxyl groups is 1. The van der Waals surface area contributed by atoms with Crippen molar-refractivity contribution in [1.82, 2.24) is 0 Å². The van der Waals surface area contributed by atoms with Crippen LogP contribution in [0.4, 0.5) is 0 Å². The second kappa shape index (κ2) is 11.6. The maximum Gasteiger partial charge on any atom is 0.343 e. The molecule has 0 spiro atoms. The molecule has 0 saturated carbocycles. The Morgan fingerprint density at radius 2 is 1.28 bits per heavy atom. The topological polar surface area (TPSA) is 63.6 Å². The Labute approximate surface area is 215 Å². The molecule has 4 nitrogen and oxygen atoms in total. The number of hydrogen-bond donors (Lipinski definition) is 1. The molecule has 1 atom stereocenters. The summed E-state index contributed by atoms with van der Waals surface area (Å²) in [7, 11) is 0. The molecule has 0 aliphatic rings. The van der Waals surface area contributed by atoms with Crippen LogP contribution in [0.15, 0.2) is 121 Å². The van der Waals surface area contributed by atoms with Crippen molar-refractivity contribution in [3.05, 3.63) is 149 Å².